The molecule has 0 spiro atoms. The van der Waals surface area contributed by atoms with E-state index in [9.17, 15) is 13.5 Å². The van der Waals surface area contributed by atoms with E-state index in [0.717, 1.165) is 22.6 Å². The highest BCUT2D eigenvalue weighted by atomic mass is 32.2. The average Bonchev–Trinajstić information content (AvgIpc) is 3.12. The molecule has 0 aliphatic carbocycles. The first-order valence-electron chi connectivity index (χ1n) is 6.95. The molecule has 0 unspecified atom stereocenters. The topological polar surface area (TPSA) is 75.6 Å². The second kappa shape index (κ2) is 6.00. The molecule has 0 bridgehead atoms. The fourth-order valence-electron chi connectivity index (χ4n) is 2.35. The molecule has 0 fully saturated rings. The number of aliphatic hydroxyl groups is 1. The Kier molecular flexibility index (Phi) is 4.22. The van der Waals surface area contributed by atoms with Crippen LogP contribution in [0.15, 0.2) is 34.5 Å². The zero-order chi connectivity index (χ0) is 15.7. The van der Waals surface area contributed by atoms with Gasteiger partial charge in [0, 0.05) is 17.8 Å². The summed E-state index contributed by atoms with van der Waals surface area (Å²) in [4.78, 5) is 0.930. The van der Waals surface area contributed by atoms with Gasteiger partial charge in [0.15, 0.2) is 0 Å². The number of nitrogens with one attached hydrogen (secondary N) is 1. The molecule has 1 aromatic carbocycles. The molecule has 3 rings (SSSR count). The van der Waals surface area contributed by atoms with E-state index in [-0.39, 0.29) is 10.8 Å². The van der Waals surface area contributed by atoms with Gasteiger partial charge in [-0.3, -0.25) is 0 Å². The molecule has 2 N–H and O–H groups in total. The average molecular weight is 339 g/mol. The number of fused-ring (bicyclic) bond motifs is 1. The van der Waals surface area contributed by atoms with Crippen LogP contribution in [0.4, 0.5) is 0 Å². The fraction of sp³-hybridized carbons (Fsp3) is 0.333. The predicted molar refractivity (Wildman–Crippen MR) is 84.8 cm³/mol. The third kappa shape index (κ3) is 3.17. The highest BCUT2D eigenvalue weighted by Gasteiger charge is 2.20. The van der Waals surface area contributed by atoms with E-state index in [1.54, 1.807) is 18.2 Å². The van der Waals surface area contributed by atoms with Crippen molar-refractivity contribution < 1.29 is 18.3 Å². The van der Waals surface area contributed by atoms with E-state index >= 15 is 0 Å². The summed E-state index contributed by atoms with van der Waals surface area (Å²) < 4.78 is 32.4. The highest BCUT2D eigenvalue weighted by molar-refractivity contribution is 7.91. The number of hydrogen-bond acceptors (Lipinski definition) is 5. The molecular weight excluding hydrogens is 322 g/mol. The first kappa shape index (κ1) is 15.5. The minimum absolute atomic E-state index is 0.0566. The zero-order valence-corrected chi connectivity index (χ0v) is 13.7. The summed E-state index contributed by atoms with van der Waals surface area (Å²) in [6, 6.07) is 8.78. The van der Waals surface area contributed by atoms with E-state index in [2.05, 4.69) is 4.72 Å². The van der Waals surface area contributed by atoms with Gasteiger partial charge in [0.25, 0.3) is 0 Å². The molecule has 1 atom stereocenters. The summed E-state index contributed by atoms with van der Waals surface area (Å²) in [5.74, 6) is 0.839. The number of aliphatic hydroxyl groups excluding tert-OH is 1. The molecule has 5 nitrogen and oxygen atoms in total. The SMILES string of the molecule is Cc1ccc(S(=O)(=O)NC[C@@H](O)c2ccc3c(c2)CCO3)s1. The van der Waals surface area contributed by atoms with Gasteiger partial charge in [0.1, 0.15) is 9.96 Å². The smallest absolute Gasteiger partial charge is 0.250 e. The number of benzene rings is 1. The number of sulfonamides is 1. The van der Waals surface area contributed by atoms with Crippen molar-refractivity contribution in [2.45, 2.75) is 23.7 Å². The van der Waals surface area contributed by atoms with Gasteiger partial charge in [-0.2, -0.15) is 0 Å². The first-order valence-corrected chi connectivity index (χ1v) is 9.25. The maximum Gasteiger partial charge on any atom is 0.250 e. The quantitative estimate of drug-likeness (QED) is 0.874. The van der Waals surface area contributed by atoms with Gasteiger partial charge >= 0.3 is 0 Å². The van der Waals surface area contributed by atoms with E-state index in [0.29, 0.717) is 12.2 Å². The summed E-state index contributed by atoms with van der Waals surface area (Å²) in [6.07, 6.45) is -0.0717. The van der Waals surface area contributed by atoms with Gasteiger partial charge in [-0.05, 0) is 42.3 Å². The predicted octanol–water partition coefficient (Wildman–Crippen LogP) is 2.00. The molecule has 0 saturated heterocycles. The lowest BCUT2D eigenvalue weighted by atomic mass is 10.0. The van der Waals surface area contributed by atoms with Gasteiger partial charge in [0.05, 0.1) is 12.7 Å². The summed E-state index contributed by atoms with van der Waals surface area (Å²) >= 11 is 1.21. The van der Waals surface area contributed by atoms with E-state index in [1.165, 1.54) is 11.3 Å². The molecule has 2 heterocycles. The zero-order valence-electron chi connectivity index (χ0n) is 12.1. The number of rotatable bonds is 5. The van der Waals surface area contributed by atoms with Gasteiger partial charge in [-0.15, -0.1) is 11.3 Å². The largest absolute Gasteiger partial charge is 0.493 e. The van der Waals surface area contributed by atoms with E-state index < -0.39 is 16.1 Å². The molecule has 1 aromatic heterocycles. The lowest BCUT2D eigenvalue weighted by Gasteiger charge is -2.13. The van der Waals surface area contributed by atoms with Crippen molar-refractivity contribution in [1.29, 1.82) is 0 Å². The second-order valence-electron chi connectivity index (χ2n) is 5.20. The number of hydrogen-bond donors (Lipinski definition) is 2. The van der Waals surface area contributed by atoms with Crippen molar-refractivity contribution in [2.24, 2.45) is 0 Å². The Morgan fingerprint density at radius 2 is 2.18 bits per heavy atom. The van der Waals surface area contributed by atoms with Crippen LogP contribution in [-0.2, 0) is 16.4 Å². The Morgan fingerprint density at radius 3 is 2.91 bits per heavy atom. The van der Waals surface area contributed by atoms with Crippen molar-refractivity contribution in [2.75, 3.05) is 13.2 Å². The van der Waals surface area contributed by atoms with Crippen LogP contribution >= 0.6 is 11.3 Å². The second-order valence-corrected chi connectivity index (χ2v) is 8.48. The summed E-state index contributed by atoms with van der Waals surface area (Å²) in [7, 11) is -3.57. The summed E-state index contributed by atoms with van der Waals surface area (Å²) in [5.41, 5.74) is 1.74. The molecule has 0 amide bonds. The van der Waals surface area contributed by atoms with Crippen LogP contribution in [0.5, 0.6) is 5.75 Å². The Morgan fingerprint density at radius 1 is 1.36 bits per heavy atom. The molecule has 22 heavy (non-hydrogen) atoms. The van der Waals surface area contributed by atoms with Crippen LogP contribution in [0.25, 0.3) is 0 Å². The van der Waals surface area contributed by atoms with E-state index in [4.69, 9.17) is 4.74 Å². The Balaban J connectivity index is 1.68. The number of ether oxygens (including phenoxy) is 1. The van der Waals surface area contributed by atoms with Gasteiger partial charge in [0.2, 0.25) is 10.0 Å². The molecule has 1 aliphatic rings. The first-order chi connectivity index (χ1) is 10.5. The van der Waals surface area contributed by atoms with Crippen LogP contribution in [0, 0.1) is 6.92 Å². The van der Waals surface area contributed by atoms with Crippen molar-refractivity contribution >= 4 is 21.4 Å². The van der Waals surface area contributed by atoms with Gasteiger partial charge in [-0.1, -0.05) is 6.07 Å². The Labute approximate surface area is 133 Å². The maximum atomic E-state index is 12.1. The molecule has 0 radical (unpaired) electrons. The summed E-state index contributed by atoms with van der Waals surface area (Å²) in [6.45, 7) is 2.45. The van der Waals surface area contributed by atoms with Crippen LogP contribution in [-0.4, -0.2) is 26.7 Å². The van der Waals surface area contributed by atoms with Crippen LogP contribution in [0.3, 0.4) is 0 Å². The fourth-order valence-corrected chi connectivity index (χ4v) is 4.71. The normalized spacial score (nSPS) is 15.4. The van der Waals surface area contributed by atoms with Crippen molar-refractivity contribution in [3.05, 3.63) is 46.3 Å². The van der Waals surface area contributed by atoms with Crippen molar-refractivity contribution in [3.8, 4) is 5.75 Å². The standard InChI is InChI=1S/C15H17NO4S2/c1-10-2-5-15(21-10)22(18,19)16-9-13(17)11-3-4-14-12(8-11)6-7-20-14/h2-5,8,13,16-17H,6-7,9H2,1H3/t13-/m1/s1. The van der Waals surface area contributed by atoms with Crippen LogP contribution < -0.4 is 9.46 Å². The minimum atomic E-state index is -3.57. The van der Waals surface area contributed by atoms with Gasteiger partial charge < -0.3 is 9.84 Å². The third-order valence-corrected chi connectivity index (χ3v) is 6.46. The third-order valence-electron chi connectivity index (χ3n) is 3.55. The Bertz CT molecular complexity index is 783. The summed E-state index contributed by atoms with van der Waals surface area (Å²) in [5, 5.41) is 10.2. The molecule has 7 heteroatoms. The maximum absolute atomic E-state index is 12.1. The number of aryl methyl sites for hydroxylation is 1. The Hall–Kier alpha value is -1.41. The number of thiophene rings is 1. The van der Waals surface area contributed by atoms with Gasteiger partial charge in [-0.25, -0.2) is 13.1 Å². The molecule has 2 aromatic rings. The molecule has 118 valence electrons. The molecular formula is C15H17NO4S2. The van der Waals surface area contributed by atoms with Crippen molar-refractivity contribution in [3.63, 3.8) is 0 Å². The highest BCUT2D eigenvalue weighted by Crippen LogP contribution is 2.28. The molecule has 0 saturated carbocycles. The monoisotopic (exact) mass is 339 g/mol. The van der Waals surface area contributed by atoms with E-state index in [1.807, 2.05) is 19.1 Å². The minimum Gasteiger partial charge on any atom is -0.493 e. The van der Waals surface area contributed by atoms with Crippen molar-refractivity contribution in [1.82, 2.24) is 4.72 Å². The van der Waals surface area contributed by atoms with Crippen LogP contribution in [0.1, 0.15) is 22.1 Å². The lowest BCUT2D eigenvalue weighted by molar-refractivity contribution is 0.182. The van der Waals surface area contributed by atoms with Crippen LogP contribution in [0.2, 0.25) is 0 Å². The molecule has 1 aliphatic heterocycles. The lowest BCUT2D eigenvalue weighted by Crippen LogP contribution is -2.28.